The van der Waals surface area contributed by atoms with Gasteiger partial charge < -0.3 is 9.47 Å². The van der Waals surface area contributed by atoms with E-state index >= 15 is 0 Å². The van der Waals surface area contributed by atoms with Crippen molar-refractivity contribution in [1.29, 1.82) is 0 Å². The smallest absolute Gasteiger partial charge is 0.333 e. The molecule has 0 N–H and O–H groups in total. The number of hydrogen-bond acceptors (Lipinski definition) is 4. The molecule has 2 aliphatic rings. The van der Waals surface area contributed by atoms with E-state index in [-0.39, 0.29) is 12.1 Å². The molecule has 2 aliphatic heterocycles. The van der Waals surface area contributed by atoms with Crippen molar-refractivity contribution in [3.63, 3.8) is 0 Å². The van der Waals surface area contributed by atoms with E-state index in [1.54, 1.807) is 0 Å². The maximum absolute atomic E-state index is 12.6. The Morgan fingerprint density at radius 3 is 2.61 bits per heavy atom. The Kier molecular flexibility index (Phi) is 3.98. The van der Waals surface area contributed by atoms with E-state index in [4.69, 9.17) is 9.47 Å². The number of esters is 1. The Labute approximate surface area is 135 Å². The Morgan fingerprint density at radius 1 is 1.30 bits per heavy atom. The first-order valence-corrected chi connectivity index (χ1v) is 7.76. The maximum atomic E-state index is 12.6. The molecule has 2 atom stereocenters. The lowest BCUT2D eigenvalue weighted by Gasteiger charge is -2.48. The van der Waals surface area contributed by atoms with E-state index in [9.17, 15) is 9.59 Å². The lowest BCUT2D eigenvalue weighted by Crippen LogP contribution is -2.65. The van der Waals surface area contributed by atoms with Crippen LogP contribution in [0.4, 0.5) is 0 Å². The van der Waals surface area contributed by atoms with Crippen LogP contribution in [0.25, 0.3) is 6.08 Å². The average molecular weight is 315 g/mol. The molecular weight excluding hydrogens is 294 g/mol. The summed E-state index contributed by atoms with van der Waals surface area (Å²) in [5.41, 5.74) is 1.11. The Bertz CT molecular complexity index is 645. The summed E-state index contributed by atoms with van der Waals surface area (Å²) in [5, 5.41) is 0. The fraction of sp³-hybridized carbons (Fsp3) is 0.444. The molecule has 1 aromatic carbocycles. The van der Waals surface area contributed by atoms with Gasteiger partial charge in [-0.25, -0.2) is 4.79 Å². The van der Waals surface area contributed by atoms with Crippen LogP contribution in [0.2, 0.25) is 0 Å². The van der Waals surface area contributed by atoms with Crippen molar-refractivity contribution < 1.29 is 19.1 Å². The first-order valence-electron chi connectivity index (χ1n) is 7.76. The van der Waals surface area contributed by atoms with Crippen molar-refractivity contribution >= 4 is 18.0 Å². The van der Waals surface area contributed by atoms with E-state index in [1.807, 2.05) is 57.2 Å². The summed E-state index contributed by atoms with van der Waals surface area (Å²) in [6.45, 7) is 5.79. The first kappa shape index (κ1) is 15.7. The predicted octanol–water partition coefficient (Wildman–Crippen LogP) is 2.37. The van der Waals surface area contributed by atoms with Crippen LogP contribution >= 0.6 is 0 Å². The fourth-order valence-corrected chi connectivity index (χ4v) is 2.81. The Balaban J connectivity index is 1.92. The minimum Gasteiger partial charge on any atom is -0.458 e. The van der Waals surface area contributed by atoms with Crippen molar-refractivity contribution in [2.75, 3.05) is 6.61 Å². The Hall–Kier alpha value is -2.14. The highest BCUT2D eigenvalue weighted by Crippen LogP contribution is 2.34. The van der Waals surface area contributed by atoms with Gasteiger partial charge in [0.1, 0.15) is 11.8 Å². The summed E-state index contributed by atoms with van der Waals surface area (Å²) in [4.78, 5) is 26.1. The molecule has 0 aromatic heterocycles. The molecule has 122 valence electrons. The summed E-state index contributed by atoms with van der Waals surface area (Å²) in [6, 6.07) is 8.98. The van der Waals surface area contributed by atoms with Crippen molar-refractivity contribution in [3.05, 3.63) is 41.5 Å². The third-order valence-electron chi connectivity index (χ3n) is 3.80. The number of amides is 1. The van der Waals surface area contributed by atoms with Crippen molar-refractivity contribution in [2.24, 2.45) is 0 Å². The molecular formula is C18H21NO4. The van der Waals surface area contributed by atoms with Gasteiger partial charge in [0.05, 0.1) is 13.0 Å². The molecule has 2 saturated heterocycles. The average Bonchev–Trinajstić information content (AvgIpc) is 2.46. The zero-order valence-corrected chi connectivity index (χ0v) is 13.6. The second-order valence-corrected chi connectivity index (χ2v) is 6.84. The topological polar surface area (TPSA) is 55.8 Å². The number of nitrogens with zero attached hydrogens (tertiary/aromatic N) is 1. The molecule has 0 radical (unpaired) electrons. The highest BCUT2D eigenvalue weighted by molar-refractivity contribution is 5.92. The molecule has 23 heavy (non-hydrogen) atoms. The molecule has 5 heteroatoms. The number of rotatable bonds is 2. The van der Waals surface area contributed by atoms with Gasteiger partial charge in [-0.15, -0.1) is 0 Å². The van der Waals surface area contributed by atoms with Gasteiger partial charge in [0.2, 0.25) is 5.91 Å². The van der Waals surface area contributed by atoms with Crippen molar-refractivity contribution in [2.45, 2.75) is 45.1 Å². The van der Waals surface area contributed by atoms with Gasteiger partial charge in [0.25, 0.3) is 0 Å². The molecule has 0 saturated carbocycles. The lowest BCUT2D eigenvalue weighted by molar-refractivity contribution is -0.199. The molecule has 0 spiro atoms. The summed E-state index contributed by atoms with van der Waals surface area (Å²) in [6.07, 6.45) is 1.92. The second-order valence-electron chi connectivity index (χ2n) is 6.84. The normalized spacial score (nSPS) is 25.8. The maximum Gasteiger partial charge on any atom is 0.333 e. The van der Waals surface area contributed by atoms with Crippen molar-refractivity contribution in [3.8, 4) is 0 Å². The molecule has 1 amide bonds. The van der Waals surface area contributed by atoms with E-state index in [0.717, 1.165) is 11.1 Å². The number of ether oxygens (including phenoxy) is 2. The van der Waals surface area contributed by atoms with Crippen molar-refractivity contribution in [1.82, 2.24) is 4.90 Å². The number of hydrogen-bond donors (Lipinski definition) is 0. The van der Waals surface area contributed by atoms with Gasteiger partial charge in [0.15, 0.2) is 6.04 Å². The summed E-state index contributed by atoms with van der Waals surface area (Å²) >= 11 is 0. The minimum absolute atomic E-state index is 0.0791. The van der Waals surface area contributed by atoms with Crippen LogP contribution in [0.1, 0.15) is 32.8 Å². The first-order chi connectivity index (χ1) is 10.8. The van der Waals surface area contributed by atoms with Gasteiger partial charge in [-0.3, -0.25) is 9.69 Å². The molecule has 2 fully saturated rings. The Morgan fingerprint density at radius 2 is 2.00 bits per heavy atom. The SMILES string of the molecule is CC(C)(C)OC(=O)[C@H]1/C(=C/c2ccccc2)CO[C@@H]2CC(=O)N21. The summed E-state index contributed by atoms with van der Waals surface area (Å²) < 4.78 is 11.2. The minimum atomic E-state index is -0.700. The van der Waals surface area contributed by atoms with E-state index in [0.29, 0.717) is 13.0 Å². The quantitative estimate of drug-likeness (QED) is 0.621. The van der Waals surface area contributed by atoms with Crippen LogP contribution in [0.3, 0.4) is 0 Å². The number of carbonyl (C=O) groups excluding carboxylic acids is 2. The monoisotopic (exact) mass is 315 g/mol. The molecule has 0 unspecified atom stereocenters. The third-order valence-corrected chi connectivity index (χ3v) is 3.80. The summed E-state index contributed by atoms with van der Waals surface area (Å²) in [7, 11) is 0. The zero-order valence-electron chi connectivity index (χ0n) is 13.6. The molecule has 1 aromatic rings. The molecule has 2 heterocycles. The van der Waals surface area contributed by atoms with Gasteiger partial charge in [-0.2, -0.15) is 0 Å². The molecule has 3 rings (SSSR count). The van der Waals surface area contributed by atoms with Gasteiger partial charge in [-0.1, -0.05) is 36.4 Å². The standard InChI is InChI=1S/C18H21NO4/c1-18(2,3)23-17(21)16-13(9-12-7-5-4-6-8-12)11-22-15-10-14(20)19(15)16/h4-9,15-16H,10-11H2,1-3H3/b13-9+/t15-,16-/m1/s1. The van der Waals surface area contributed by atoms with Crippen LogP contribution in [-0.2, 0) is 19.1 Å². The predicted molar refractivity (Wildman–Crippen MR) is 85.3 cm³/mol. The van der Waals surface area contributed by atoms with E-state index in [2.05, 4.69) is 0 Å². The molecule has 5 nitrogen and oxygen atoms in total. The molecule has 0 aliphatic carbocycles. The fourth-order valence-electron chi connectivity index (χ4n) is 2.81. The zero-order chi connectivity index (χ0) is 16.6. The number of carbonyl (C=O) groups is 2. The van der Waals surface area contributed by atoms with Crippen LogP contribution in [0, 0.1) is 0 Å². The van der Waals surface area contributed by atoms with Gasteiger partial charge in [-0.05, 0) is 31.9 Å². The van der Waals surface area contributed by atoms with Crippen LogP contribution in [0.5, 0.6) is 0 Å². The highest BCUT2D eigenvalue weighted by atomic mass is 16.6. The molecule has 0 bridgehead atoms. The van der Waals surface area contributed by atoms with Crippen LogP contribution in [-0.4, -0.2) is 41.3 Å². The number of benzene rings is 1. The van der Waals surface area contributed by atoms with E-state index < -0.39 is 17.6 Å². The van der Waals surface area contributed by atoms with Crippen LogP contribution in [0.15, 0.2) is 35.9 Å². The van der Waals surface area contributed by atoms with Gasteiger partial charge in [0, 0.05) is 0 Å². The lowest BCUT2D eigenvalue weighted by atomic mass is 9.95. The summed E-state index contributed by atoms with van der Waals surface area (Å²) in [5.74, 6) is -0.481. The van der Waals surface area contributed by atoms with Gasteiger partial charge >= 0.3 is 5.97 Å². The third kappa shape index (κ3) is 3.29. The number of fused-ring (bicyclic) bond motifs is 1. The number of β-lactam (4-membered cyclic amide) rings is 1. The second kappa shape index (κ2) is 5.81. The van der Waals surface area contributed by atoms with E-state index in [1.165, 1.54) is 4.90 Å². The largest absolute Gasteiger partial charge is 0.458 e. The highest BCUT2D eigenvalue weighted by Gasteiger charge is 2.50. The van der Waals surface area contributed by atoms with Crippen LogP contribution < -0.4 is 0 Å².